The minimum Gasteiger partial charge on any atom is -0.504 e. The Morgan fingerprint density at radius 1 is 1.06 bits per heavy atom. The number of phenols is 1. The van der Waals surface area contributed by atoms with Gasteiger partial charge < -0.3 is 9.84 Å². The van der Waals surface area contributed by atoms with E-state index in [1.54, 1.807) is 7.11 Å². The second-order valence-electron chi connectivity index (χ2n) is 10.3. The summed E-state index contributed by atoms with van der Waals surface area (Å²) in [5.74, 6) is 3.64. The Morgan fingerprint density at radius 2 is 1.97 bits per heavy atom. The first-order valence-electron chi connectivity index (χ1n) is 11.8. The number of aromatic hydroxyl groups is 1. The standard InChI is InChI=1S/C28H31NO2/c1-28-12-10-20-22(7-6-17-14-26(30)27(31-2)15-23(17)20)25(28)9-8-24(28)21-5-3-4-18-16-29-13-11-19(18)21/h3-5,11,13-16,20,22,24-25,30H,6-10,12H2,1-2H3/t20-,22+,24+,25-,28+/m0/s1. The summed E-state index contributed by atoms with van der Waals surface area (Å²) in [6.07, 6.45) is 11.4. The number of rotatable bonds is 2. The van der Waals surface area contributed by atoms with Crippen molar-refractivity contribution in [3.8, 4) is 11.5 Å². The fourth-order valence-electron chi connectivity index (χ4n) is 7.71. The highest BCUT2D eigenvalue weighted by atomic mass is 16.5. The number of hydrogen-bond acceptors (Lipinski definition) is 3. The predicted octanol–water partition coefficient (Wildman–Crippen LogP) is 6.59. The van der Waals surface area contributed by atoms with Gasteiger partial charge in [0.25, 0.3) is 0 Å². The van der Waals surface area contributed by atoms with Crippen molar-refractivity contribution in [2.24, 2.45) is 17.3 Å². The molecule has 2 saturated carbocycles. The average molecular weight is 414 g/mol. The van der Waals surface area contributed by atoms with E-state index in [4.69, 9.17) is 4.74 Å². The first kappa shape index (κ1) is 19.2. The number of aromatic nitrogens is 1. The number of pyridine rings is 1. The lowest BCUT2D eigenvalue weighted by Crippen LogP contribution is -2.41. The van der Waals surface area contributed by atoms with Gasteiger partial charge in [0.15, 0.2) is 11.5 Å². The van der Waals surface area contributed by atoms with Crippen LogP contribution in [0.3, 0.4) is 0 Å². The van der Waals surface area contributed by atoms with Gasteiger partial charge in [-0.25, -0.2) is 0 Å². The lowest BCUT2D eigenvalue weighted by molar-refractivity contribution is 0.0483. The lowest BCUT2D eigenvalue weighted by Gasteiger charge is -2.51. The molecule has 0 amide bonds. The van der Waals surface area contributed by atoms with Crippen LogP contribution >= 0.6 is 0 Å². The summed E-state index contributed by atoms with van der Waals surface area (Å²) in [5, 5.41) is 12.9. The number of ether oxygens (including phenoxy) is 1. The van der Waals surface area contributed by atoms with Crippen LogP contribution < -0.4 is 4.74 Å². The van der Waals surface area contributed by atoms with Gasteiger partial charge in [0.1, 0.15) is 0 Å². The molecular weight excluding hydrogens is 382 g/mol. The number of fused-ring (bicyclic) bond motifs is 6. The molecule has 0 spiro atoms. The van der Waals surface area contributed by atoms with Crippen molar-refractivity contribution in [2.45, 2.75) is 57.3 Å². The van der Waals surface area contributed by atoms with Gasteiger partial charge in [-0.3, -0.25) is 4.98 Å². The van der Waals surface area contributed by atoms with Gasteiger partial charge in [0.2, 0.25) is 0 Å². The zero-order valence-corrected chi connectivity index (χ0v) is 18.5. The fourth-order valence-corrected chi connectivity index (χ4v) is 7.71. The second-order valence-corrected chi connectivity index (χ2v) is 10.3. The molecule has 0 aliphatic heterocycles. The molecule has 6 rings (SSSR count). The maximum Gasteiger partial charge on any atom is 0.160 e. The normalized spacial score (nSPS) is 31.7. The summed E-state index contributed by atoms with van der Waals surface area (Å²) in [7, 11) is 1.65. The van der Waals surface area contributed by atoms with Crippen molar-refractivity contribution in [1.82, 2.24) is 4.98 Å². The third kappa shape index (κ3) is 2.75. The predicted molar refractivity (Wildman–Crippen MR) is 124 cm³/mol. The lowest BCUT2D eigenvalue weighted by atomic mass is 9.53. The molecule has 0 bridgehead atoms. The van der Waals surface area contributed by atoms with Crippen LogP contribution in [0.5, 0.6) is 11.5 Å². The molecule has 3 heteroatoms. The molecule has 31 heavy (non-hydrogen) atoms. The molecular formula is C28H31NO2. The third-order valence-electron chi connectivity index (χ3n) is 9.11. The van der Waals surface area contributed by atoms with E-state index in [0.717, 1.165) is 18.3 Å². The van der Waals surface area contributed by atoms with Gasteiger partial charge >= 0.3 is 0 Å². The van der Waals surface area contributed by atoms with E-state index in [1.165, 1.54) is 59.6 Å². The van der Waals surface area contributed by atoms with Gasteiger partial charge in [-0.05, 0) is 108 Å². The molecule has 3 aliphatic rings. The Hall–Kier alpha value is -2.55. The Kier molecular flexibility index (Phi) is 4.31. The summed E-state index contributed by atoms with van der Waals surface area (Å²) in [5.41, 5.74) is 4.66. The quantitative estimate of drug-likeness (QED) is 0.515. The van der Waals surface area contributed by atoms with Crippen LogP contribution in [0, 0.1) is 17.3 Å². The van der Waals surface area contributed by atoms with Gasteiger partial charge in [-0.1, -0.05) is 25.1 Å². The van der Waals surface area contributed by atoms with E-state index < -0.39 is 0 Å². The Morgan fingerprint density at radius 3 is 2.84 bits per heavy atom. The minimum absolute atomic E-state index is 0.284. The van der Waals surface area contributed by atoms with Gasteiger partial charge in [0, 0.05) is 17.8 Å². The van der Waals surface area contributed by atoms with Crippen LogP contribution in [-0.4, -0.2) is 17.2 Å². The highest BCUT2D eigenvalue weighted by Gasteiger charge is 2.55. The van der Waals surface area contributed by atoms with Crippen molar-refractivity contribution in [1.29, 1.82) is 0 Å². The topological polar surface area (TPSA) is 42.4 Å². The first-order valence-corrected chi connectivity index (χ1v) is 11.8. The Labute approximate surface area is 184 Å². The molecule has 3 aromatic rings. The SMILES string of the molecule is COc1cc2c(cc1O)CC[C@@H]1[C@@H]2CC[C@]2(C)[C@@H](c3cccc4cnccc34)CC[C@@H]12. The minimum atomic E-state index is 0.284. The molecule has 160 valence electrons. The number of hydrogen-bond donors (Lipinski definition) is 1. The maximum atomic E-state index is 10.3. The first-order chi connectivity index (χ1) is 15.1. The van der Waals surface area contributed by atoms with Crippen LogP contribution in [0.25, 0.3) is 10.8 Å². The van der Waals surface area contributed by atoms with Crippen LogP contribution in [-0.2, 0) is 6.42 Å². The van der Waals surface area contributed by atoms with E-state index in [0.29, 0.717) is 23.0 Å². The molecule has 1 heterocycles. The zero-order valence-electron chi connectivity index (χ0n) is 18.5. The van der Waals surface area contributed by atoms with Crippen molar-refractivity contribution < 1.29 is 9.84 Å². The number of aryl methyl sites for hydroxylation is 1. The summed E-state index contributed by atoms with van der Waals surface area (Å²) in [6, 6.07) is 13.1. The van der Waals surface area contributed by atoms with E-state index in [2.05, 4.69) is 42.2 Å². The van der Waals surface area contributed by atoms with E-state index in [1.807, 2.05) is 18.5 Å². The zero-order chi connectivity index (χ0) is 21.2. The van der Waals surface area contributed by atoms with Crippen LogP contribution in [0.4, 0.5) is 0 Å². The van der Waals surface area contributed by atoms with Crippen LogP contribution in [0.1, 0.15) is 67.6 Å². The average Bonchev–Trinajstić information content (AvgIpc) is 3.15. The molecule has 5 atom stereocenters. The van der Waals surface area contributed by atoms with Crippen molar-refractivity contribution in [3.05, 3.63) is 65.5 Å². The summed E-state index contributed by atoms with van der Waals surface area (Å²) < 4.78 is 5.46. The molecule has 1 aromatic heterocycles. The second kappa shape index (κ2) is 6.98. The van der Waals surface area contributed by atoms with Crippen LogP contribution in [0.2, 0.25) is 0 Å². The van der Waals surface area contributed by atoms with Crippen molar-refractivity contribution in [3.63, 3.8) is 0 Å². The highest BCUT2D eigenvalue weighted by molar-refractivity contribution is 5.85. The molecule has 0 unspecified atom stereocenters. The molecule has 3 nitrogen and oxygen atoms in total. The summed E-state index contributed by atoms with van der Waals surface area (Å²) in [4.78, 5) is 4.35. The molecule has 0 saturated heterocycles. The largest absolute Gasteiger partial charge is 0.504 e. The van der Waals surface area contributed by atoms with E-state index >= 15 is 0 Å². The van der Waals surface area contributed by atoms with Crippen LogP contribution in [0.15, 0.2) is 48.8 Å². The molecule has 1 N–H and O–H groups in total. The highest BCUT2D eigenvalue weighted by Crippen LogP contribution is 2.66. The molecule has 3 aliphatic carbocycles. The number of phenolic OH excluding ortho intramolecular Hbond substituents is 1. The van der Waals surface area contributed by atoms with Crippen molar-refractivity contribution >= 4 is 10.8 Å². The monoisotopic (exact) mass is 413 g/mol. The van der Waals surface area contributed by atoms with Gasteiger partial charge in [0.05, 0.1) is 7.11 Å². The molecule has 2 aromatic carbocycles. The fraction of sp³-hybridized carbons (Fsp3) is 0.464. The number of nitrogens with zero attached hydrogens (tertiary/aromatic N) is 1. The van der Waals surface area contributed by atoms with E-state index in [9.17, 15) is 5.11 Å². The molecule has 2 fully saturated rings. The van der Waals surface area contributed by atoms with Crippen molar-refractivity contribution in [2.75, 3.05) is 7.11 Å². The van der Waals surface area contributed by atoms with Gasteiger partial charge in [-0.15, -0.1) is 0 Å². The Balaban J connectivity index is 1.38. The number of methoxy groups -OCH3 is 1. The van der Waals surface area contributed by atoms with E-state index in [-0.39, 0.29) is 5.75 Å². The Bertz CT molecular complexity index is 1150. The number of benzene rings is 2. The maximum absolute atomic E-state index is 10.3. The smallest absolute Gasteiger partial charge is 0.160 e. The summed E-state index contributed by atoms with van der Waals surface area (Å²) >= 11 is 0. The molecule has 0 radical (unpaired) electrons. The summed E-state index contributed by atoms with van der Waals surface area (Å²) in [6.45, 7) is 2.58. The van der Waals surface area contributed by atoms with Gasteiger partial charge in [-0.2, -0.15) is 0 Å². The third-order valence-corrected chi connectivity index (χ3v) is 9.11.